The number of rotatable bonds is 5. The zero-order valence-electron chi connectivity index (χ0n) is 20.8. The van der Waals surface area contributed by atoms with Crippen LogP contribution in [0.4, 0.5) is 4.39 Å². The fourth-order valence-corrected chi connectivity index (χ4v) is 5.72. The Kier molecular flexibility index (Phi) is 5.85. The summed E-state index contributed by atoms with van der Waals surface area (Å²) >= 11 is 6.48. The van der Waals surface area contributed by atoms with E-state index in [4.69, 9.17) is 30.5 Å². The molecule has 5 heterocycles. The van der Waals surface area contributed by atoms with E-state index in [1.165, 1.54) is 16.7 Å². The normalized spacial score (nSPS) is 25.7. The summed E-state index contributed by atoms with van der Waals surface area (Å²) in [4.78, 5) is 23.9. The van der Waals surface area contributed by atoms with Crippen LogP contribution in [-0.4, -0.2) is 62.3 Å². The number of hydrogen-bond acceptors (Lipinski definition) is 8. The lowest BCUT2D eigenvalue weighted by Crippen LogP contribution is -2.34. The number of pyridine rings is 2. The van der Waals surface area contributed by atoms with Crippen molar-refractivity contribution in [1.82, 2.24) is 19.5 Å². The molecule has 202 valence electrons. The van der Waals surface area contributed by atoms with E-state index in [-0.39, 0.29) is 41.8 Å². The molecular formula is C27H24ClFN4O6. The number of halogens is 2. The van der Waals surface area contributed by atoms with Gasteiger partial charge in [0.1, 0.15) is 35.3 Å². The third-order valence-electron chi connectivity index (χ3n) is 7.52. The zero-order valence-corrected chi connectivity index (χ0v) is 21.5. The standard InChI is InChI=1S/C27H24ClFN4O6/c1-33-5-4-12(8-21(33)35)14-6-13-2-3-19(22(13)16(29)7-14)38-26-15(28)9-17-25(31-26)32-27(30-17)39-20-11-37-23-18(34)10-36-24(20)23/h4-9,18-20,23-24,34H,2-3,10-11H2,1H3,(H,30,31,32)/t18-,19?,20-,23-,24-/m1/s1. The molecule has 7 rings (SSSR count). The first-order valence-electron chi connectivity index (χ1n) is 12.6. The second-order valence-electron chi connectivity index (χ2n) is 10.0. The summed E-state index contributed by atoms with van der Waals surface area (Å²) in [5.74, 6) is -0.267. The summed E-state index contributed by atoms with van der Waals surface area (Å²) in [6, 6.07) is 8.45. The lowest BCUT2D eigenvalue weighted by molar-refractivity contribution is 0.00706. The molecule has 0 radical (unpaired) electrons. The van der Waals surface area contributed by atoms with Crippen LogP contribution in [0.5, 0.6) is 11.9 Å². The average Bonchev–Trinajstić information content (AvgIpc) is 3.67. The van der Waals surface area contributed by atoms with Gasteiger partial charge in [-0.15, -0.1) is 0 Å². The Morgan fingerprint density at radius 2 is 1.97 bits per heavy atom. The van der Waals surface area contributed by atoms with Crippen molar-refractivity contribution in [1.29, 1.82) is 0 Å². The van der Waals surface area contributed by atoms with Crippen molar-refractivity contribution < 1.29 is 28.4 Å². The summed E-state index contributed by atoms with van der Waals surface area (Å²) < 4.78 is 40.1. The van der Waals surface area contributed by atoms with Gasteiger partial charge in [0, 0.05) is 24.9 Å². The van der Waals surface area contributed by atoms with Crippen molar-refractivity contribution in [2.75, 3.05) is 13.2 Å². The van der Waals surface area contributed by atoms with Crippen LogP contribution in [0.1, 0.15) is 23.7 Å². The SMILES string of the molecule is Cn1ccc(-c2cc(F)c3c(c2)CCC3Oc2nc3nc(O[C@@H]4CO[C@H]5[C@@H]4OC[C@H]5O)[nH]c3cc2Cl)cc1=O. The number of nitrogens with one attached hydrogen (secondary N) is 1. The zero-order chi connectivity index (χ0) is 26.8. The van der Waals surface area contributed by atoms with Crippen LogP contribution in [0.2, 0.25) is 5.02 Å². The lowest BCUT2D eigenvalue weighted by Gasteiger charge is -2.16. The van der Waals surface area contributed by atoms with Crippen LogP contribution >= 0.6 is 11.6 Å². The molecule has 3 aromatic heterocycles. The number of aromatic nitrogens is 4. The molecule has 1 aliphatic carbocycles. The molecule has 0 bridgehead atoms. The number of nitrogens with zero attached hydrogens (tertiary/aromatic N) is 3. The van der Waals surface area contributed by atoms with Crippen molar-refractivity contribution in [2.24, 2.45) is 7.05 Å². The van der Waals surface area contributed by atoms with E-state index in [1.54, 1.807) is 25.4 Å². The topological polar surface area (TPSA) is 121 Å². The molecule has 0 spiro atoms. The first-order valence-corrected chi connectivity index (χ1v) is 13.0. The van der Waals surface area contributed by atoms with Crippen LogP contribution in [0.15, 0.2) is 41.3 Å². The number of aliphatic hydroxyl groups is 1. The van der Waals surface area contributed by atoms with Gasteiger partial charge in [-0.05, 0) is 47.7 Å². The van der Waals surface area contributed by atoms with Crippen molar-refractivity contribution in [3.8, 4) is 23.0 Å². The molecule has 2 N–H and O–H groups in total. The summed E-state index contributed by atoms with van der Waals surface area (Å²) in [5.41, 5.74) is 3.28. The highest BCUT2D eigenvalue weighted by atomic mass is 35.5. The summed E-state index contributed by atoms with van der Waals surface area (Å²) in [6.07, 6.45) is 0.338. The van der Waals surface area contributed by atoms with Crippen LogP contribution in [0.25, 0.3) is 22.3 Å². The van der Waals surface area contributed by atoms with E-state index in [1.807, 2.05) is 6.07 Å². The van der Waals surface area contributed by atoms with Crippen molar-refractivity contribution in [2.45, 2.75) is 43.4 Å². The van der Waals surface area contributed by atoms with Gasteiger partial charge in [0.05, 0.1) is 18.7 Å². The Balaban J connectivity index is 1.12. The second kappa shape index (κ2) is 9.30. The van der Waals surface area contributed by atoms with Gasteiger partial charge < -0.3 is 33.6 Å². The number of benzene rings is 1. The quantitative estimate of drug-likeness (QED) is 0.386. The van der Waals surface area contributed by atoms with Crippen LogP contribution < -0.4 is 15.0 Å². The molecule has 39 heavy (non-hydrogen) atoms. The monoisotopic (exact) mass is 554 g/mol. The van der Waals surface area contributed by atoms with Crippen LogP contribution in [0, 0.1) is 5.82 Å². The largest absolute Gasteiger partial charge is 0.468 e. The number of fused-ring (bicyclic) bond motifs is 3. The molecule has 0 saturated carbocycles. The van der Waals surface area contributed by atoms with E-state index in [0.717, 1.165) is 5.56 Å². The molecular weight excluding hydrogens is 531 g/mol. The Morgan fingerprint density at radius 1 is 1.13 bits per heavy atom. The number of aromatic amines is 1. The molecule has 10 nitrogen and oxygen atoms in total. The fourth-order valence-electron chi connectivity index (χ4n) is 5.53. The summed E-state index contributed by atoms with van der Waals surface area (Å²) in [5, 5.41) is 10.2. The predicted octanol–water partition coefficient (Wildman–Crippen LogP) is 3.09. The number of H-pyrrole nitrogens is 1. The molecule has 2 aliphatic heterocycles. The van der Waals surface area contributed by atoms with Gasteiger partial charge in [-0.25, -0.2) is 4.39 Å². The van der Waals surface area contributed by atoms with Gasteiger partial charge in [0.25, 0.3) is 11.6 Å². The van der Waals surface area contributed by atoms with Crippen LogP contribution in [-0.2, 0) is 22.9 Å². The maximum Gasteiger partial charge on any atom is 0.296 e. The Labute approximate surface area is 226 Å². The molecule has 5 atom stereocenters. The summed E-state index contributed by atoms with van der Waals surface area (Å²) in [6.45, 7) is 0.465. The fraction of sp³-hybridized carbons (Fsp3) is 0.370. The minimum Gasteiger partial charge on any atom is -0.468 e. The van der Waals surface area contributed by atoms with Gasteiger partial charge in [-0.1, -0.05) is 17.7 Å². The molecule has 2 saturated heterocycles. The van der Waals surface area contributed by atoms with E-state index in [2.05, 4.69) is 15.0 Å². The van der Waals surface area contributed by atoms with Gasteiger partial charge in [0.2, 0.25) is 5.88 Å². The highest BCUT2D eigenvalue weighted by Crippen LogP contribution is 2.40. The van der Waals surface area contributed by atoms with E-state index in [9.17, 15) is 9.90 Å². The molecule has 1 unspecified atom stereocenters. The number of ether oxygens (including phenoxy) is 4. The van der Waals surface area contributed by atoms with Gasteiger partial charge in [0.15, 0.2) is 11.8 Å². The molecule has 2 fully saturated rings. The molecule has 1 aromatic carbocycles. The number of aryl methyl sites for hydroxylation is 2. The van der Waals surface area contributed by atoms with E-state index in [0.29, 0.717) is 40.7 Å². The molecule has 3 aliphatic rings. The Hall–Kier alpha value is -3.51. The minimum absolute atomic E-state index is 0.140. The molecule has 0 amide bonds. The third kappa shape index (κ3) is 4.26. The summed E-state index contributed by atoms with van der Waals surface area (Å²) in [7, 11) is 1.67. The maximum atomic E-state index is 15.4. The first-order chi connectivity index (χ1) is 18.8. The van der Waals surface area contributed by atoms with Gasteiger partial charge in [-0.2, -0.15) is 9.97 Å². The molecule has 12 heteroatoms. The number of imidazole rings is 1. The third-order valence-corrected chi connectivity index (χ3v) is 7.79. The van der Waals surface area contributed by atoms with Crippen LogP contribution in [0.3, 0.4) is 0 Å². The lowest BCUT2D eigenvalue weighted by atomic mass is 10.00. The predicted molar refractivity (Wildman–Crippen MR) is 138 cm³/mol. The Morgan fingerprint density at radius 3 is 2.82 bits per heavy atom. The highest BCUT2D eigenvalue weighted by Gasteiger charge is 2.48. The van der Waals surface area contributed by atoms with E-state index < -0.39 is 30.2 Å². The molecule has 4 aromatic rings. The minimum atomic E-state index is -0.677. The number of aliphatic hydroxyl groups excluding tert-OH is 1. The second-order valence-corrected chi connectivity index (χ2v) is 10.5. The Bertz CT molecular complexity index is 1660. The number of hydrogen-bond donors (Lipinski definition) is 2. The smallest absolute Gasteiger partial charge is 0.296 e. The van der Waals surface area contributed by atoms with Crippen molar-refractivity contribution >= 4 is 22.8 Å². The highest BCUT2D eigenvalue weighted by molar-refractivity contribution is 6.32. The van der Waals surface area contributed by atoms with Gasteiger partial charge in [-0.3, -0.25) is 4.79 Å². The van der Waals surface area contributed by atoms with E-state index >= 15 is 4.39 Å². The van der Waals surface area contributed by atoms with Crippen molar-refractivity contribution in [3.05, 3.63) is 68.8 Å². The van der Waals surface area contributed by atoms with Gasteiger partial charge >= 0.3 is 0 Å². The average molecular weight is 555 g/mol. The first kappa shape index (κ1) is 24.5. The maximum absolute atomic E-state index is 15.4. The van der Waals surface area contributed by atoms with Crippen molar-refractivity contribution in [3.63, 3.8) is 0 Å².